The number of benzene rings is 1. The molecule has 17 heavy (non-hydrogen) atoms. The van der Waals surface area contributed by atoms with Gasteiger partial charge in [0.05, 0.1) is 0 Å². The molecule has 0 heterocycles. The fourth-order valence-electron chi connectivity index (χ4n) is 1.13. The van der Waals surface area contributed by atoms with Crippen molar-refractivity contribution in [2.24, 2.45) is 5.73 Å². The first kappa shape index (κ1) is 13.7. The Bertz CT molecular complexity index is 434. The van der Waals surface area contributed by atoms with Gasteiger partial charge in [0.25, 0.3) is 0 Å². The van der Waals surface area contributed by atoms with E-state index in [-0.39, 0.29) is 12.2 Å². The van der Waals surface area contributed by atoms with E-state index in [1.165, 1.54) is 12.1 Å². The van der Waals surface area contributed by atoms with Gasteiger partial charge in [-0.15, -0.1) is 0 Å². The summed E-state index contributed by atoms with van der Waals surface area (Å²) in [5.74, 6) is -0.763. The molecule has 0 saturated heterocycles. The van der Waals surface area contributed by atoms with Gasteiger partial charge in [-0.3, -0.25) is 0 Å². The molecule has 0 amide bonds. The zero-order chi connectivity index (χ0) is 12.8. The summed E-state index contributed by atoms with van der Waals surface area (Å²) >= 11 is 0. The predicted octanol–water partition coefficient (Wildman–Crippen LogP) is 1.75. The molecule has 8 heteroatoms. The predicted molar refractivity (Wildman–Crippen MR) is 61.1 cm³/mol. The molecule has 0 spiro atoms. The second kappa shape index (κ2) is 6.40. The lowest BCUT2D eigenvalue weighted by Crippen LogP contribution is -2.33. The maximum absolute atomic E-state index is 11.3. The minimum absolute atomic E-state index is 0.109. The molecule has 0 aromatic heterocycles. The molecule has 0 saturated carbocycles. The van der Waals surface area contributed by atoms with E-state index in [4.69, 9.17) is 10.8 Å². The molecule has 0 aliphatic heterocycles. The highest BCUT2D eigenvalue weighted by atomic mass is 32.0. The van der Waals surface area contributed by atoms with Crippen LogP contribution in [0.25, 0.3) is 0 Å². The zero-order valence-corrected chi connectivity index (χ0v) is 10.4. The first-order valence-electron chi connectivity index (χ1n) is 4.58. The van der Waals surface area contributed by atoms with E-state index in [1.807, 2.05) is 0 Å². The van der Waals surface area contributed by atoms with Gasteiger partial charge in [0, 0.05) is 0 Å². The normalized spacial score (nSPS) is 13.1. The Morgan fingerprint density at radius 1 is 1.47 bits per heavy atom. The molecule has 0 radical (unpaired) electrons. The first-order valence-corrected chi connectivity index (χ1v) is 7.28. The Balaban J connectivity index is 2.56. The molecule has 2 atom stereocenters. The van der Waals surface area contributed by atoms with Crippen molar-refractivity contribution in [1.29, 1.82) is 0 Å². The Kier molecular flexibility index (Phi) is 5.16. The van der Waals surface area contributed by atoms with Gasteiger partial charge in [-0.05, 0) is 28.7 Å². The van der Waals surface area contributed by atoms with Crippen LogP contribution in [-0.2, 0) is 24.9 Å². The van der Waals surface area contributed by atoms with Crippen LogP contribution in [0.3, 0.4) is 0 Å². The van der Waals surface area contributed by atoms with Crippen molar-refractivity contribution in [2.75, 3.05) is 0 Å². The van der Waals surface area contributed by atoms with Crippen molar-refractivity contribution in [3.63, 3.8) is 0 Å². The molecule has 0 aliphatic rings. The highest BCUT2D eigenvalue weighted by Crippen LogP contribution is 2.37. The van der Waals surface area contributed by atoms with E-state index in [0.717, 1.165) is 5.56 Å². The van der Waals surface area contributed by atoms with Gasteiger partial charge in [0.2, 0.25) is 0 Å². The van der Waals surface area contributed by atoms with Crippen LogP contribution in [0.2, 0.25) is 0 Å². The van der Waals surface area contributed by atoms with Crippen molar-refractivity contribution in [2.45, 2.75) is 12.5 Å². The first-order chi connectivity index (χ1) is 8.02. The van der Waals surface area contributed by atoms with Gasteiger partial charge in [-0.1, -0.05) is 12.1 Å². The largest absolute Gasteiger partial charge is 0.660 e. The molecule has 1 unspecified atom stereocenters. The van der Waals surface area contributed by atoms with Crippen LogP contribution < -0.4 is 5.73 Å². The summed E-state index contributed by atoms with van der Waals surface area (Å²) in [6, 6.07) is 5.15. The summed E-state index contributed by atoms with van der Waals surface area (Å²) in [6.07, 6.45) is 0.179. The quantitative estimate of drug-likeness (QED) is 0.792. The van der Waals surface area contributed by atoms with E-state index in [1.54, 1.807) is 12.1 Å². The molecular formula is C9H10NO5P2+. The maximum atomic E-state index is 11.3. The van der Waals surface area contributed by atoms with Crippen molar-refractivity contribution < 1.29 is 23.6 Å². The van der Waals surface area contributed by atoms with E-state index >= 15 is 0 Å². The maximum Gasteiger partial charge on any atom is 0.660 e. The van der Waals surface area contributed by atoms with E-state index in [2.05, 4.69) is 4.52 Å². The van der Waals surface area contributed by atoms with Gasteiger partial charge >= 0.3 is 21.8 Å². The van der Waals surface area contributed by atoms with Crippen LogP contribution in [0.5, 0.6) is 5.75 Å². The average molecular weight is 274 g/mol. The highest BCUT2D eigenvalue weighted by Gasteiger charge is 2.29. The lowest BCUT2D eigenvalue weighted by molar-refractivity contribution is -0.135. The lowest BCUT2D eigenvalue weighted by atomic mass is 10.1. The third kappa shape index (κ3) is 4.57. The smallest absolute Gasteiger partial charge is 0.508 e. The van der Waals surface area contributed by atoms with Crippen LogP contribution in [0.15, 0.2) is 24.3 Å². The molecular weight excluding hydrogens is 264 g/mol. The summed E-state index contributed by atoms with van der Waals surface area (Å²) < 4.78 is 25.2. The number of nitrogens with two attached hydrogens (primary N) is 1. The number of rotatable bonds is 5. The van der Waals surface area contributed by atoms with E-state index in [9.17, 15) is 13.9 Å². The molecule has 3 N–H and O–H groups in total. The molecule has 0 aliphatic carbocycles. The highest BCUT2D eigenvalue weighted by molar-refractivity contribution is 8.07. The third-order valence-corrected chi connectivity index (χ3v) is 3.04. The van der Waals surface area contributed by atoms with Crippen LogP contribution in [0.1, 0.15) is 5.56 Å². The summed E-state index contributed by atoms with van der Waals surface area (Å²) in [7, 11) is -3.27. The minimum atomic E-state index is -2.53. The fraction of sp³-hybridized carbons (Fsp3) is 0.222. The summed E-state index contributed by atoms with van der Waals surface area (Å²) in [5, 5.41) is 9.05. The number of hydrogen-bond acceptors (Lipinski definition) is 6. The Morgan fingerprint density at radius 3 is 2.59 bits per heavy atom. The summed E-state index contributed by atoms with van der Waals surface area (Å²) in [6.45, 7) is 0. The SMILES string of the molecule is N[C@@H](Cc1ccc(O)cc1)C(=O)O[P+](=O)P=O. The second-order valence-electron chi connectivity index (χ2n) is 3.21. The number of phenolic OH excluding ortho intramolecular Hbond substituents is 1. The fourth-order valence-corrected chi connectivity index (χ4v) is 1.79. The molecule has 1 aromatic rings. The topological polar surface area (TPSA) is 107 Å². The van der Waals surface area contributed by atoms with Gasteiger partial charge in [-0.2, -0.15) is 0 Å². The average Bonchev–Trinajstić information content (AvgIpc) is 2.31. The van der Waals surface area contributed by atoms with Crippen LogP contribution in [-0.4, -0.2) is 17.1 Å². The third-order valence-electron chi connectivity index (χ3n) is 1.93. The van der Waals surface area contributed by atoms with Gasteiger partial charge in [0.15, 0.2) is 0 Å². The van der Waals surface area contributed by atoms with Crippen LogP contribution >= 0.6 is 15.9 Å². The van der Waals surface area contributed by atoms with Gasteiger partial charge < -0.3 is 10.8 Å². The Morgan fingerprint density at radius 2 is 2.06 bits per heavy atom. The van der Waals surface area contributed by atoms with E-state index < -0.39 is 27.9 Å². The second-order valence-corrected chi connectivity index (χ2v) is 5.50. The summed E-state index contributed by atoms with van der Waals surface area (Å²) in [4.78, 5) is 11.3. The van der Waals surface area contributed by atoms with Crippen molar-refractivity contribution >= 4 is 21.8 Å². The number of carbonyl (C=O) groups is 1. The lowest BCUT2D eigenvalue weighted by Gasteiger charge is -2.05. The monoisotopic (exact) mass is 274 g/mol. The molecule has 1 aromatic carbocycles. The van der Waals surface area contributed by atoms with Crippen molar-refractivity contribution in [1.82, 2.24) is 0 Å². The van der Waals surface area contributed by atoms with E-state index in [0.29, 0.717) is 0 Å². The number of carbonyl (C=O) groups excluding carboxylic acids is 1. The van der Waals surface area contributed by atoms with Crippen molar-refractivity contribution in [3.05, 3.63) is 29.8 Å². The number of aromatic hydroxyl groups is 1. The molecule has 6 nitrogen and oxygen atoms in total. The molecule has 1 rings (SSSR count). The molecule has 90 valence electrons. The Hall–Kier alpha value is -1.35. The Labute approximate surface area is 99.7 Å². The van der Waals surface area contributed by atoms with Gasteiger partial charge in [-0.25, -0.2) is 13.9 Å². The number of phenols is 1. The minimum Gasteiger partial charge on any atom is -0.508 e. The van der Waals surface area contributed by atoms with Crippen LogP contribution in [0, 0.1) is 0 Å². The number of hydrogen-bond donors (Lipinski definition) is 2. The standard InChI is InChI=1S/C9H9NO5P2/c10-8(9(12)15-17(14)16-13)5-6-1-3-7(11)4-2-6/h1-4,8H,5,10H2/p+1/t8-/m0/s1. The van der Waals surface area contributed by atoms with Crippen LogP contribution in [0.4, 0.5) is 0 Å². The summed E-state index contributed by atoms with van der Waals surface area (Å²) in [5.41, 5.74) is 6.24. The van der Waals surface area contributed by atoms with Gasteiger partial charge in [0.1, 0.15) is 11.8 Å². The molecule has 0 bridgehead atoms. The molecule has 0 fully saturated rings. The van der Waals surface area contributed by atoms with Crippen molar-refractivity contribution in [3.8, 4) is 5.75 Å². The zero-order valence-electron chi connectivity index (χ0n) is 8.65.